The molecule has 5 nitrogen and oxygen atoms in total. The Morgan fingerprint density at radius 3 is 2.35 bits per heavy atom. The molecular weight excluding hydrogens is 252 g/mol. The smallest absolute Gasteiger partial charge is 0.232 e. The molecule has 0 saturated carbocycles. The van der Waals surface area contributed by atoms with E-state index in [9.17, 15) is 0 Å². The normalized spacial score (nSPS) is 12.8. The van der Waals surface area contributed by atoms with Crippen LogP contribution in [0.15, 0.2) is 12.4 Å². The lowest BCUT2D eigenvalue weighted by Gasteiger charge is -2.31. The summed E-state index contributed by atoms with van der Waals surface area (Å²) >= 11 is 0. The number of rotatable bonds is 6. The third-order valence-corrected chi connectivity index (χ3v) is 3.25. The van der Waals surface area contributed by atoms with Crippen molar-refractivity contribution in [1.29, 1.82) is 0 Å². The first-order chi connectivity index (χ1) is 9.10. The lowest BCUT2D eigenvalue weighted by atomic mass is 10.1. The number of likely N-dealkylation sites (N-methyl/N-ethyl adjacent to an activating group) is 1. The zero-order valence-electron chi connectivity index (χ0n) is 13.8. The van der Waals surface area contributed by atoms with Crippen LogP contribution in [-0.4, -0.2) is 46.6 Å². The highest BCUT2D eigenvalue weighted by Gasteiger charge is 2.21. The summed E-state index contributed by atoms with van der Waals surface area (Å²) in [7, 11) is 4.08. The number of ether oxygens (including phenoxy) is 1. The number of nitrogens with one attached hydrogen (secondary N) is 1. The molecule has 1 rings (SSSR count). The van der Waals surface area contributed by atoms with Crippen molar-refractivity contribution in [3.05, 3.63) is 18.1 Å². The van der Waals surface area contributed by atoms with Crippen molar-refractivity contribution in [2.24, 2.45) is 0 Å². The molecule has 1 aromatic heterocycles. The second-order valence-electron chi connectivity index (χ2n) is 6.95. The molecule has 0 aliphatic rings. The summed E-state index contributed by atoms with van der Waals surface area (Å²) in [6.45, 7) is 11.9. The summed E-state index contributed by atoms with van der Waals surface area (Å²) in [5.41, 5.74) is 0.910. The monoisotopic (exact) mass is 280 g/mol. The minimum atomic E-state index is -0.0403. The average Bonchev–Trinajstić information content (AvgIpc) is 2.34. The fraction of sp³-hybridized carbons (Fsp3) is 0.733. The number of hydrogen-bond donors (Lipinski definition) is 1. The largest absolute Gasteiger partial charge is 0.475 e. The lowest BCUT2D eigenvalue weighted by Crippen LogP contribution is -2.43. The molecule has 0 aliphatic carbocycles. The maximum Gasteiger partial charge on any atom is 0.232 e. The summed E-state index contributed by atoms with van der Waals surface area (Å²) in [6.07, 6.45) is 3.43. The Kier molecular flexibility index (Phi) is 5.48. The first-order valence-corrected chi connectivity index (χ1v) is 6.96. The Labute approximate surface area is 122 Å². The Bertz CT molecular complexity index is 424. The Hall–Kier alpha value is -1.20. The predicted molar refractivity (Wildman–Crippen MR) is 81.9 cm³/mol. The van der Waals surface area contributed by atoms with Crippen molar-refractivity contribution in [3.8, 4) is 5.88 Å². The van der Waals surface area contributed by atoms with Crippen molar-refractivity contribution in [2.75, 3.05) is 20.7 Å². The fourth-order valence-corrected chi connectivity index (χ4v) is 1.28. The van der Waals surface area contributed by atoms with Crippen molar-refractivity contribution < 1.29 is 4.74 Å². The highest BCUT2D eigenvalue weighted by molar-refractivity contribution is 5.09. The van der Waals surface area contributed by atoms with Gasteiger partial charge >= 0.3 is 0 Å². The van der Waals surface area contributed by atoms with Crippen LogP contribution in [0.2, 0.25) is 0 Å². The number of hydrogen-bond acceptors (Lipinski definition) is 5. The van der Waals surface area contributed by atoms with Gasteiger partial charge in [-0.2, -0.15) is 0 Å². The molecule has 0 fully saturated rings. The van der Waals surface area contributed by atoms with E-state index in [2.05, 4.69) is 54.8 Å². The van der Waals surface area contributed by atoms with Gasteiger partial charge in [0.1, 0.15) is 6.61 Å². The molecule has 1 aromatic rings. The van der Waals surface area contributed by atoms with Gasteiger partial charge in [-0.15, -0.1) is 0 Å². The molecule has 1 N–H and O–H groups in total. The zero-order chi connectivity index (χ0) is 15.4. The van der Waals surface area contributed by atoms with Gasteiger partial charge in [0.15, 0.2) is 0 Å². The minimum Gasteiger partial charge on any atom is -0.475 e. The highest BCUT2D eigenvalue weighted by atomic mass is 16.5. The predicted octanol–water partition coefficient (Wildman–Crippen LogP) is 2.08. The molecule has 0 atom stereocenters. The van der Waals surface area contributed by atoms with Crippen molar-refractivity contribution >= 4 is 0 Å². The Balaban J connectivity index is 2.60. The molecule has 0 amide bonds. The molecule has 5 heteroatoms. The van der Waals surface area contributed by atoms with Gasteiger partial charge in [-0.05, 0) is 48.7 Å². The van der Waals surface area contributed by atoms with Crippen LogP contribution in [0, 0.1) is 0 Å². The molecule has 0 aromatic carbocycles. The standard InChI is InChI=1S/C15H28N4O/c1-14(2,3)17-9-12-8-16-10-13(18-12)20-11-15(4,5)19(6)7/h8,10,17H,9,11H2,1-7H3. The van der Waals surface area contributed by atoms with Gasteiger partial charge in [-0.25, -0.2) is 4.98 Å². The van der Waals surface area contributed by atoms with E-state index < -0.39 is 0 Å². The van der Waals surface area contributed by atoms with Crippen LogP contribution in [0.4, 0.5) is 0 Å². The molecular formula is C15H28N4O. The molecule has 1 heterocycles. The van der Waals surface area contributed by atoms with Gasteiger partial charge in [0.05, 0.1) is 11.9 Å². The van der Waals surface area contributed by atoms with Crippen LogP contribution >= 0.6 is 0 Å². The van der Waals surface area contributed by atoms with E-state index in [4.69, 9.17) is 4.74 Å². The average molecular weight is 280 g/mol. The SMILES string of the molecule is CN(C)C(C)(C)COc1cncc(CNC(C)(C)C)n1. The van der Waals surface area contributed by atoms with Crippen molar-refractivity contribution in [2.45, 2.75) is 52.2 Å². The summed E-state index contributed by atoms with van der Waals surface area (Å²) in [6, 6.07) is 0. The molecule has 114 valence electrons. The highest BCUT2D eigenvalue weighted by Crippen LogP contribution is 2.13. The van der Waals surface area contributed by atoms with Gasteiger partial charge in [0, 0.05) is 23.8 Å². The van der Waals surface area contributed by atoms with E-state index in [1.807, 2.05) is 14.1 Å². The van der Waals surface area contributed by atoms with Crippen LogP contribution in [0.25, 0.3) is 0 Å². The molecule has 0 unspecified atom stereocenters. The summed E-state index contributed by atoms with van der Waals surface area (Å²) in [5.74, 6) is 0.577. The molecule has 0 bridgehead atoms. The van der Waals surface area contributed by atoms with Crippen LogP contribution in [0.1, 0.15) is 40.3 Å². The van der Waals surface area contributed by atoms with E-state index in [0.29, 0.717) is 19.0 Å². The van der Waals surface area contributed by atoms with E-state index in [1.54, 1.807) is 12.4 Å². The number of nitrogens with zero attached hydrogens (tertiary/aromatic N) is 3. The van der Waals surface area contributed by atoms with Gasteiger partial charge in [-0.1, -0.05) is 0 Å². The molecule has 20 heavy (non-hydrogen) atoms. The maximum absolute atomic E-state index is 5.76. The van der Waals surface area contributed by atoms with Gasteiger partial charge in [-0.3, -0.25) is 4.98 Å². The third kappa shape index (κ3) is 5.84. The van der Waals surface area contributed by atoms with Gasteiger partial charge in [0.2, 0.25) is 5.88 Å². The maximum atomic E-state index is 5.76. The second-order valence-corrected chi connectivity index (χ2v) is 6.95. The first kappa shape index (κ1) is 16.9. The third-order valence-electron chi connectivity index (χ3n) is 3.25. The Morgan fingerprint density at radius 1 is 1.15 bits per heavy atom. The van der Waals surface area contributed by atoms with Gasteiger partial charge < -0.3 is 15.0 Å². The first-order valence-electron chi connectivity index (χ1n) is 6.96. The molecule has 0 spiro atoms. The topological polar surface area (TPSA) is 50.3 Å². The minimum absolute atomic E-state index is 0.0403. The summed E-state index contributed by atoms with van der Waals surface area (Å²) in [5, 5.41) is 3.39. The second kappa shape index (κ2) is 6.50. The van der Waals surface area contributed by atoms with E-state index in [1.165, 1.54) is 0 Å². The lowest BCUT2D eigenvalue weighted by molar-refractivity contribution is 0.110. The van der Waals surface area contributed by atoms with Crippen LogP contribution in [0.3, 0.4) is 0 Å². The van der Waals surface area contributed by atoms with Crippen LogP contribution < -0.4 is 10.1 Å². The number of aromatic nitrogens is 2. The van der Waals surface area contributed by atoms with Crippen molar-refractivity contribution in [3.63, 3.8) is 0 Å². The van der Waals surface area contributed by atoms with E-state index >= 15 is 0 Å². The van der Waals surface area contributed by atoms with Crippen LogP contribution in [-0.2, 0) is 6.54 Å². The Morgan fingerprint density at radius 2 is 1.80 bits per heavy atom. The molecule has 0 radical (unpaired) electrons. The van der Waals surface area contributed by atoms with E-state index in [-0.39, 0.29) is 11.1 Å². The summed E-state index contributed by atoms with van der Waals surface area (Å²) in [4.78, 5) is 10.8. The quantitative estimate of drug-likeness (QED) is 0.864. The zero-order valence-corrected chi connectivity index (χ0v) is 13.8. The van der Waals surface area contributed by atoms with Gasteiger partial charge in [0.25, 0.3) is 0 Å². The molecule has 0 saturated heterocycles. The summed E-state index contributed by atoms with van der Waals surface area (Å²) < 4.78 is 5.76. The molecule has 0 aliphatic heterocycles. The fourth-order valence-electron chi connectivity index (χ4n) is 1.28. The van der Waals surface area contributed by atoms with Crippen molar-refractivity contribution in [1.82, 2.24) is 20.2 Å². The van der Waals surface area contributed by atoms with Crippen LogP contribution in [0.5, 0.6) is 5.88 Å². The van der Waals surface area contributed by atoms with E-state index in [0.717, 1.165) is 5.69 Å².